The van der Waals surface area contributed by atoms with Crippen molar-refractivity contribution in [2.45, 2.75) is 76.8 Å². The van der Waals surface area contributed by atoms with E-state index < -0.39 is 5.97 Å². The number of carbonyl (C=O) groups is 1. The van der Waals surface area contributed by atoms with Crippen molar-refractivity contribution in [2.75, 3.05) is 11.9 Å². The molecule has 1 aromatic heterocycles. The molecule has 0 spiro atoms. The molecule has 0 radical (unpaired) electrons. The smallest absolute Gasteiger partial charge is 0.328 e. The van der Waals surface area contributed by atoms with Crippen LogP contribution in [0.15, 0.2) is 35.0 Å². The van der Waals surface area contributed by atoms with Crippen molar-refractivity contribution in [2.24, 2.45) is 22.2 Å². The van der Waals surface area contributed by atoms with Gasteiger partial charge in [0.15, 0.2) is 5.96 Å². The number of carboxylic acid groups (broad SMARTS) is 1. The number of nitrogens with two attached hydrogens (primary N) is 3. The van der Waals surface area contributed by atoms with Gasteiger partial charge in [-0.15, -0.1) is 0 Å². The van der Waals surface area contributed by atoms with Crippen molar-refractivity contribution in [3.8, 4) is 0 Å². The number of aromatic amines is 1. The molecule has 1 aromatic rings. The lowest BCUT2D eigenvalue weighted by Gasteiger charge is -2.21. The van der Waals surface area contributed by atoms with E-state index in [0.717, 1.165) is 50.8 Å². The number of anilines is 1. The molecule has 1 rings (SSSR count). The Morgan fingerprint density at radius 3 is 2.48 bits per heavy atom. The fourth-order valence-corrected chi connectivity index (χ4v) is 3.27. The molecule has 2 unspecified atom stereocenters. The summed E-state index contributed by atoms with van der Waals surface area (Å²) in [5.74, 6) is -0.234. The van der Waals surface area contributed by atoms with E-state index in [1.54, 1.807) is 0 Å². The number of aliphatic carboxylic acids is 1. The normalized spacial score (nSPS) is 13.7. The predicted octanol–water partition coefficient (Wildman–Crippen LogP) is 2.94. The summed E-state index contributed by atoms with van der Waals surface area (Å²) in [6.07, 6.45) is 12.7. The van der Waals surface area contributed by atoms with Crippen LogP contribution >= 0.6 is 0 Å². The zero-order valence-electron chi connectivity index (χ0n) is 17.6. The third-order valence-corrected chi connectivity index (χ3v) is 4.87. The van der Waals surface area contributed by atoms with Crippen LogP contribution in [0.2, 0.25) is 0 Å². The fraction of sp³-hybridized carbons (Fsp3) is 0.619. The van der Waals surface area contributed by atoms with Gasteiger partial charge in [-0.3, -0.25) is 0 Å². The Morgan fingerprint density at radius 2 is 1.90 bits per heavy atom. The van der Waals surface area contributed by atoms with Crippen LogP contribution in [0.4, 0.5) is 5.82 Å². The highest BCUT2D eigenvalue weighted by molar-refractivity contribution is 5.81. The lowest BCUT2D eigenvalue weighted by molar-refractivity contribution is -0.131. The summed E-state index contributed by atoms with van der Waals surface area (Å²) < 4.78 is 0. The van der Waals surface area contributed by atoms with Crippen LogP contribution in [0.25, 0.3) is 0 Å². The molecule has 0 aliphatic heterocycles. The summed E-state index contributed by atoms with van der Waals surface area (Å²) in [4.78, 5) is 18.4. The third-order valence-electron chi connectivity index (χ3n) is 4.87. The minimum absolute atomic E-state index is 0.0562. The van der Waals surface area contributed by atoms with Crippen molar-refractivity contribution >= 4 is 17.7 Å². The zero-order valence-corrected chi connectivity index (χ0v) is 17.6. The summed E-state index contributed by atoms with van der Waals surface area (Å²) in [6.45, 7) is 2.34. The molecule has 1 heterocycles. The number of nitrogens with one attached hydrogen (secondary N) is 2. The molecule has 8 nitrogen and oxygen atoms in total. The highest BCUT2D eigenvalue weighted by atomic mass is 16.4. The summed E-state index contributed by atoms with van der Waals surface area (Å²) >= 11 is 0. The number of unbranched alkanes of at least 4 members (excludes halogenated alkanes) is 4. The summed E-state index contributed by atoms with van der Waals surface area (Å²) in [7, 11) is 0. The topological polar surface area (TPSA) is 156 Å². The van der Waals surface area contributed by atoms with Gasteiger partial charge < -0.3 is 32.6 Å². The molecule has 164 valence electrons. The summed E-state index contributed by atoms with van der Waals surface area (Å²) in [5, 5.41) is 12.6. The average Bonchev–Trinajstić information content (AvgIpc) is 3.18. The molecule has 0 aliphatic rings. The number of guanidine groups is 1. The van der Waals surface area contributed by atoms with Crippen molar-refractivity contribution in [1.29, 1.82) is 0 Å². The molecule has 0 fully saturated rings. The molecule has 0 saturated heterocycles. The van der Waals surface area contributed by atoms with E-state index in [1.807, 2.05) is 18.3 Å². The maximum absolute atomic E-state index is 11.3. The quantitative estimate of drug-likeness (QED) is 0.107. The molecule has 0 amide bonds. The van der Waals surface area contributed by atoms with Gasteiger partial charge in [0.25, 0.3) is 0 Å². The van der Waals surface area contributed by atoms with Gasteiger partial charge in [-0.2, -0.15) is 0 Å². The number of H-pyrrole nitrogens is 1. The second-order valence-corrected chi connectivity index (χ2v) is 7.47. The van der Waals surface area contributed by atoms with E-state index in [2.05, 4.69) is 22.2 Å². The lowest BCUT2D eigenvalue weighted by Crippen LogP contribution is -2.27. The number of hydrogen-bond donors (Lipinski definition) is 6. The Labute approximate surface area is 174 Å². The van der Waals surface area contributed by atoms with Crippen LogP contribution in [-0.2, 0) is 4.79 Å². The number of nitrogens with zero attached hydrogens (tertiary/aromatic N) is 1. The second-order valence-electron chi connectivity index (χ2n) is 7.47. The standard InChI is InChI=1S/C21H38N6O2/c1-2-3-9-17(22)10-6-4-5-7-11-18(27-19-12-8-13-25-19)16(14-20(28)29)15-26-21(23)24/h8,12-14,17-18,25,27H,2-7,9-11,15,22H2,1H3,(H,28,29)(H4,23,24,26). The van der Waals surface area contributed by atoms with Crippen molar-refractivity contribution in [3.05, 3.63) is 30.0 Å². The maximum atomic E-state index is 11.3. The first-order valence-electron chi connectivity index (χ1n) is 10.6. The first-order valence-corrected chi connectivity index (χ1v) is 10.6. The van der Waals surface area contributed by atoms with Gasteiger partial charge in [-0.25, -0.2) is 9.79 Å². The molecule has 0 aromatic carbocycles. The van der Waals surface area contributed by atoms with Gasteiger partial charge in [0.2, 0.25) is 0 Å². The van der Waals surface area contributed by atoms with Gasteiger partial charge in [-0.05, 0) is 37.0 Å². The molecule has 29 heavy (non-hydrogen) atoms. The van der Waals surface area contributed by atoms with Crippen LogP contribution in [-0.4, -0.2) is 40.6 Å². The van der Waals surface area contributed by atoms with Crippen molar-refractivity contribution in [1.82, 2.24) is 4.98 Å². The highest BCUT2D eigenvalue weighted by Crippen LogP contribution is 2.18. The third kappa shape index (κ3) is 11.8. The number of carboxylic acids is 1. The Morgan fingerprint density at radius 1 is 1.21 bits per heavy atom. The Kier molecular flexibility index (Phi) is 12.3. The molecule has 2 atom stereocenters. The molecule has 0 saturated carbocycles. The maximum Gasteiger partial charge on any atom is 0.328 e. The average molecular weight is 407 g/mol. The monoisotopic (exact) mass is 406 g/mol. The SMILES string of the molecule is CCCCC(N)CCCCCCC(Nc1ccc[nH]1)C(=CC(=O)O)CN=C(N)N. The predicted molar refractivity (Wildman–Crippen MR) is 120 cm³/mol. The van der Waals surface area contributed by atoms with E-state index in [9.17, 15) is 9.90 Å². The van der Waals surface area contributed by atoms with Crippen LogP contribution < -0.4 is 22.5 Å². The second kappa shape index (κ2) is 14.5. The number of aromatic nitrogens is 1. The van der Waals surface area contributed by atoms with Gasteiger partial charge >= 0.3 is 5.97 Å². The van der Waals surface area contributed by atoms with E-state index in [0.29, 0.717) is 11.6 Å². The summed E-state index contributed by atoms with van der Waals surface area (Å²) in [6, 6.07) is 3.93. The first-order chi connectivity index (χ1) is 13.9. The van der Waals surface area contributed by atoms with Gasteiger partial charge in [0.05, 0.1) is 12.6 Å². The molecule has 9 N–H and O–H groups in total. The Bertz CT molecular complexity index is 623. The Balaban J connectivity index is 2.58. The molecule has 0 bridgehead atoms. The van der Waals surface area contributed by atoms with Gasteiger partial charge in [0, 0.05) is 18.3 Å². The first kappa shape index (κ1) is 24.6. The zero-order chi connectivity index (χ0) is 21.5. The highest BCUT2D eigenvalue weighted by Gasteiger charge is 2.16. The Hall–Kier alpha value is -2.48. The largest absolute Gasteiger partial charge is 0.478 e. The van der Waals surface area contributed by atoms with Gasteiger partial charge in [0.1, 0.15) is 5.82 Å². The summed E-state index contributed by atoms with van der Waals surface area (Å²) in [5.41, 5.74) is 17.6. The van der Waals surface area contributed by atoms with Crippen LogP contribution in [0.3, 0.4) is 0 Å². The number of rotatable bonds is 16. The molecular weight excluding hydrogens is 368 g/mol. The molecular formula is C21H38N6O2. The van der Waals surface area contributed by atoms with Crippen LogP contribution in [0.5, 0.6) is 0 Å². The van der Waals surface area contributed by atoms with Crippen LogP contribution in [0.1, 0.15) is 64.7 Å². The minimum atomic E-state index is -1.01. The van der Waals surface area contributed by atoms with E-state index in [4.69, 9.17) is 17.2 Å². The van der Waals surface area contributed by atoms with E-state index in [1.165, 1.54) is 18.9 Å². The molecule has 0 aliphatic carbocycles. The molecule has 8 heteroatoms. The lowest BCUT2D eigenvalue weighted by atomic mass is 9.98. The van der Waals surface area contributed by atoms with Crippen molar-refractivity contribution in [3.63, 3.8) is 0 Å². The number of aliphatic imine (C=N–C) groups is 1. The van der Waals surface area contributed by atoms with E-state index >= 15 is 0 Å². The fourth-order valence-electron chi connectivity index (χ4n) is 3.27. The number of hydrogen-bond acceptors (Lipinski definition) is 4. The van der Waals surface area contributed by atoms with E-state index in [-0.39, 0.29) is 18.5 Å². The van der Waals surface area contributed by atoms with Crippen LogP contribution in [0, 0.1) is 0 Å². The minimum Gasteiger partial charge on any atom is -0.478 e. The van der Waals surface area contributed by atoms with Crippen molar-refractivity contribution < 1.29 is 9.90 Å². The van der Waals surface area contributed by atoms with Gasteiger partial charge in [-0.1, -0.05) is 45.4 Å².